The Hall–Kier alpha value is -4.25. The Kier molecular flexibility index (Phi) is 6.80. The molecule has 0 spiro atoms. The lowest BCUT2D eigenvalue weighted by molar-refractivity contribution is 0.0592. The average molecular weight is 454 g/mol. The van der Waals surface area contributed by atoms with Crippen LogP contribution in [0.1, 0.15) is 40.9 Å². The number of para-hydroxylation sites is 1. The molecule has 4 N–H and O–H groups in total. The molecule has 1 heterocycles. The van der Waals surface area contributed by atoms with E-state index >= 15 is 0 Å². The Labute approximate surface area is 186 Å². The van der Waals surface area contributed by atoms with Crippen molar-refractivity contribution in [1.29, 1.82) is 0 Å². The maximum atomic E-state index is 12.8. The smallest absolute Gasteiger partial charge is 0.339 e. The average Bonchev–Trinajstić information content (AvgIpc) is 3.21. The predicted octanol–water partition coefficient (Wildman–Crippen LogP) is 2.80. The van der Waals surface area contributed by atoms with Gasteiger partial charge < -0.3 is 25.8 Å². The molecule has 3 rings (SSSR count). The molecule has 3 aromatic rings. The quantitative estimate of drug-likeness (QED) is 0.481. The van der Waals surface area contributed by atoms with Crippen molar-refractivity contribution < 1.29 is 28.7 Å². The summed E-state index contributed by atoms with van der Waals surface area (Å²) in [6, 6.07) is 12.3. The number of carbonyl (C=O) groups is 4. The molecule has 0 aliphatic heterocycles. The summed E-state index contributed by atoms with van der Waals surface area (Å²) in [5.74, 6) is -2.48. The van der Waals surface area contributed by atoms with Crippen molar-refractivity contribution in [3.05, 3.63) is 70.2 Å². The third-order valence-corrected chi connectivity index (χ3v) is 5.09. The molecule has 1 aromatic heterocycles. The van der Waals surface area contributed by atoms with Gasteiger partial charge in [0.1, 0.15) is 4.88 Å². The summed E-state index contributed by atoms with van der Waals surface area (Å²) in [5, 5.41) is 5.20. The lowest BCUT2D eigenvalue weighted by Crippen LogP contribution is -2.20. The second-order valence-electron chi connectivity index (χ2n) is 6.24. The number of esters is 2. The molecule has 0 bridgehead atoms. The van der Waals surface area contributed by atoms with E-state index in [1.165, 1.54) is 50.6 Å². The van der Waals surface area contributed by atoms with Gasteiger partial charge in [0.25, 0.3) is 11.8 Å². The molecule has 0 atom stereocenters. The minimum Gasteiger partial charge on any atom is -0.465 e. The molecule has 0 saturated carbocycles. The summed E-state index contributed by atoms with van der Waals surface area (Å²) < 4.78 is 9.34. The molecule has 0 aliphatic rings. The Morgan fingerprint density at radius 1 is 0.875 bits per heavy atom. The molecule has 0 unspecified atom stereocenters. The molecular weight excluding hydrogens is 436 g/mol. The highest BCUT2D eigenvalue weighted by Crippen LogP contribution is 2.24. The van der Waals surface area contributed by atoms with Crippen LogP contribution in [0.25, 0.3) is 0 Å². The molecule has 10 nitrogen and oxygen atoms in total. The number of nitrogens with one attached hydrogen (secondary N) is 2. The van der Waals surface area contributed by atoms with Crippen LogP contribution in [-0.2, 0) is 9.47 Å². The molecule has 0 fully saturated rings. The van der Waals surface area contributed by atoms with Crippen LogP contribution in [0.2, 0.25) is 0 Å². The highest BCUT2D eigenvalue weighted by molar-refractivity contribution is 7.17. The number of ether oxygens (including phenoxy) is 2. The van der Waals surface area contributed by atoms with Gasteiger partial charge in [-0.15, -0.1) is 0 Å². The second-order valence-corrected chi connectivity index (χ2v) is 7.27. The Morgan fingerprint density at radius 2 is 1.53 bits per heavy atom. The lowest BCUT2D eigenvalue weighted by Gasteiger charge is -2.09. The summed E-state index contributed by atoms with van der Waals surface area (Å²) in [5.41, 5.74) is 6.57. The van der Waals surface area contributed by atoms with Crippen molar-refractivity contribution in [2.75, 3.05) is 30.6 Å². The van der Waals surface area contributed by atoms with Gasteiger partial charge in [-0.2, -0.15) is 0 Å². The fourth-order valence-corrected chi connectivity index (χ4v) is 3.43. The van der Waals surface area contributed by atoms with E-state index in [0.717, 1.165) is 11.3 Å². The zero-order chi connectivity index (χ0) is 23.3. The number of benzene rings is 2. The monoisotopic (exact) mass is 454 g/mol. The third kappa shape index (κ3) is 4.90. The van der Waals surface area contributed by atoms with Crippen LogP contribution in [0.5, 0.6) is 0 Å². The summed E-state index contributed by atoms with van der Waals surface area (Å²) in [4.78, 5) is 53.0. The van der Waals surface area contributed by atoms with Crippen LogP contribution in [0, 0.1) is 0 Å². The number of methoxy groups -OCH3 is 2. The van der Waals surface area contributed by atoms with Crippen molar-refractivity contribution in [3.8, 4) is 0 Å². The minimum absolute atomic E-state index is 0.0163. The zero-order valence-corrected chi connectivity index (χ0v) is 17.8. The van der Waals surface area contributed by atoms with E-state index in [2.05, 4.69) is 20.4 Å². The van der Waals surface area contributed by atoms with E-state index in [9.17, 15) is 19.2 Å². The standard InChI is InChI=1S/C21H18N4O6S/c1-30-19(28)11-7-9-12(10-8-11)23-18(27)16-15(25-21(22)32-16)17(26)24-14-6-4-3-5-13(14)20(29)31-2/h3-10H,1-2H3,(H2,22,25)(H,23,27)(H,24,26). The van der Waals surface area contributed by atoms with Crippen LogP contribution in [-0.4, -0.2) is 43.0 Å². The van der Waals surface area contributed by atoms with Crippen LogP contribution in [0.3, 0.4) is 0 Å². The second kappa shape index (κ2) is 9.71. The van der Waals surface area contributed by atoms with Crippen molar-refractivity contribution in [2.24, 2.45) is 0 Å². The summed E-state index contributed by atoms with van der Waals surface area (Å²) in [6.45, 7) is 0. The van der Waals surface area contributed by atoms with Crippen molar-refractivity contribution in [1.82, 2.24) is 4.98 Å². The van der Waals surface area contributed by atoms with Gasteiger partial charge in [-0.05, 0) is 36.4 Å². The van der Waals surface area contributed by atoms with Crippen LogP contribution in [0.4, 0.5) is 16.5 Å². The number of amides is 2. The number of nitrogens with zero attached hydrogens (tertiary/aromatic N) is 1. The van der Waals surface area contributed by atoms with Crippen LogP contribution in [0.15, 0.2) is 48.5 Å². The molecule has 0 aliphatic carbocycles. The van der Waals surface area contributed by atoms with E-state index in [1.54, 1.807) is 12.1 Å². The van der Waals surface area contributed by atoms with Crippen molar-refractivity contribution in [3.63, 3.8) is 0 Å². The van der Waals surface area contributed by atoms with Gasteiger partial charge in [-0.1, -0.05) is 23.5 Å². The van der Waals surface area contributed by atoms with Gasteiger partial charge in [0, 0.05) is 5.69 Å². The third-order valence-electron chi connectivity index (χ3n) is 4.21. The zero-order valence-electron chi connectivity index (χ0n) is 17.0. The van der Waals surface area contributed by atoms with E-state index in [0.29, 0.717) is 11.3 Å². The Bertz CT molecular complexity index is 1190. The van der Waals surface area contributed by atoms with Crippen LogP contribution >= 0.6 is 11.3 Å². The fourth-order valence-electron chi connectivity index (χ4n) is 2.70. The molecule has 32 heavy (non-hydrogen) atoms. The Morgan fingerprint density at radius 3 is 2.19 bits per heavy atom. The van der Waals surface area contributed by atoms with E-state index in [4.69, 9.17) is 10.5 Å². The largest absolute Gasteiger partial charge is 0.465 e. The topological polar surface area (TPSA) is 150 Å². The molecule has 0 radical (unpaired) electrons. The summed E-state index contributed by atoms with van der Waals surface area (Å²) >= 11 is 0.835. The molecule has 2 aromatic carbocycles. The summed E-state index contributed by atoms with van der Waals surface area (Å²) in [7, 11) is 2.49. The fraction of sp³-hybridized carbons (Fsp3) is 0.0952. The first-order valence-electron chi connectivity index (χ1n) is 9.08. The number of aromatic nitrogens is 1. The molecule has 2 amide bonds. The van der Waals surface area contributed by atoms with Crippen molar-refractivity contribution in [2.45, 2.75) is 0 Å². The number of nitrogen functional groups attached to an aromatic ring is 1. The normalized spacial score (nSPS) is 10.2. The number of hydrogen-bond acceptors (Lipinski definition) is 9. The molecular formula is C21H18N4O6S. The number of nitrogens with two attached hydrogens (primary N) is 1. The van der Waals surface area contributed by atoms with E-state index < -0.39 is 23.8 Å². The summed E-state index contributed by atoms with van der Waals surface area (Å²) in [6.07, 6.45) is 0. The first-order chi connectivity index (χ1) is 15.3. The molecule has 164 valence electrons. The first-order valence-corrected chi connectivity index (χ1v) is 9.90. The number of rotatable bonds is 6. The van der Waals surface area contributed by atoms with Gasteiger partial charge >= 0.3 is 11.9 Å². The van der Waals surface area contributed by atoms with Gasteiger partial charge in [-0.25, -0.2) is 14.6 Å². The highest BCUT2D eigenvalue weighted by Gasteiger charge is 2.24. The van der Waals surface area contributed by atoms with Gasteiger partial charge in [0.05, 0.1) is 31.0 Å². The highest BCUT2D eigenvalue weighted by atomic mass is 32.1. The number of anilines is 3. The Balaban J connectivity index is 1.81. The minimum atomic E-state index is -0.722. The predicted molar refractivity (Wildman–Crippen MR) is 118 cm³/mol. The van der Waals surface area contributed by atoms with Crippen molar-refractivity contribution >= 4 is 51.6 Å². The van der Waals surface area contributed by atoms with Gasteiger partial charge in [0.2, 0.25) is 0 Å². The van der Waals surface area contributed by atoms with Crippen LogP contribution < -0.4 is 16.4 Å². The SMILES string of the molecule is COC(=O)c1ccc(NC(=O)c2sc(N)nc2C(=O)Nc2ccccc2C(=O)OC)cc1. The van der Waals surface area contributed by atoms with E-state index in [1.807, 2.05) is 0 Å². The number of carbonyl (C=O) groups excluding carboxylic acids is 4. The van der Waals surface area contributed by atoms with Gasteiger partial charge in [-0.3, -0.25) is 9.59 Å². The molecule has 0 saturated heterocycles. The maximum absolute atomic E-state index is 12.8. The van der Waals surface area contributed by atoms with Gasteiger partial charge in [0.15, 0.2) is 10.8 Å². The van der Waals surface area contributed by atoms with E-state index in [-0.39, 0.29) is 27.0 Å². The number of hydrogen-bond donors (Lipinski definition) is 3. The lowest BCUT2D eigenvalue weighted by atomic mass is 10.1. The first kappa shape index (κ1) is 22.4. The maximum Gasteiger partial charge on any atom is 0.339 e. The molecule has 11 heteroatoms. The number of thiazole rings is 1.